The molecule has 2 aromatic heterocycles. The molecular formula is C17H22F3N5O. The van der Waals surface area contributed by atoms with Crippen molar-refractivity contribution in [2.45, 2.75) is 57.9 Å². The minimum absolute atomic E-state index is 0.0216. The number of aromatic nitrogens is 4. The van der Waals surface area contributed by atoms with Crippen LogP contribution < -0.4 is 5.32 Å². The standard InChI is InChI=1S/C17H22F3N5O/c1-10-6-7-25(24-10)16-22-14(11(2)26)9-15(23-16)21-13-5-3-4-12(8-13)17(18,19)20/h6-7,9,11-13,26H,3-5,8H2,1-2H3,(H,21,22,23). The highest BCUT2D eigenvalue weighted by Crippen LogP contribution is 2.38. The lowest BCUT2D eigenvalue weighted by molar-refractivity contribution is -0.182. The molecule has 1 saturated carbocycles. The lowest BCUT2D eigenvalue weighted by Gasteiger charge is -2.31. The zero-order chi connectivity index (χ0) is 18.9. The maximum absolute atomic E-state index is 13.0. The van der Waals surface area contributed by atoms with E-state index in [0.717, 1.165) is 5.69 Å². The van der Waals surface area contributed by atoms with E-state index < -0.39 is 18.2 Å². The number of anilines is 1. The van der Waals surface area contributed by atoms with Gasteiger partial charge in [-0.25, -0.2) is 9.67 Å². The van der Waals surface area contributed by atoms with Gasteiger partial charge in [0.15, 0.2) is 0 Å². The van der Waals surface area contributed by atoms with Gasteiger partial charge in [0.25, 0.3) is 5.95 Å². The molecule has 0 bridgehead atoms. The summed E-state index contributed by atoms with van der Waals surface area (Å²) in [4.78, 5) is 8.65. The van der Waals surface area contributed by atoms with Crippen molar-refractivity contribution in [3.05, 3.63) is 29.7 Å². The van der Waals surface area contributed by atoms with Gasteiger partial charge in [-0.15, -0.1) is 0 Å². The third kappa shape index (κ3) is 4.32. The maximum Gasteiger partial charge on any atom is 0.391 e. The summed E-state index contributed by atoms with van der Waals surface area (Å²) >= 11 is 0. The summed E-state index contributed by atoms with van der Waals surface area (Å²) in [5.74, 6) is -0.630. The number of hydrogen-bond donors (Lipinski definition) is 2. The van der Waals surface area contributed by atoms with Crippen LogP contribution in [0, 0.1) is 12.8 Å². The summed E-state index contributed by atoms with van der Waals surface area (Å²) in [7, 11) is 0. The number of nitrogens with zero attached hydrogens (tertiary/aromatic N) is 4. The first-order valence-corrected chi connectivity index (χ1v) is 8.65. The molecule has 1 aliphatic carbocycles. The Morgan fingerprint density at radius 1 is 1.31 bits per heavy atom. The van der Waals surface area contributed by atoms with Crippen molar-refractivity contribution in [2.75, 3.05) is 5.32 Å². The second kappa shape index (κ2) is 7.22. The first-order valence-electron chi connectivity index (χ1n) is 8.65. The first kappa shape index (κ1) is 18.6. The lowest BCUT2D eigenvalue weighted by atomic mass is 9.85. The van der Waals surface area contributed by atoms with E-state index in [0.29, 0.717) is 24.4 Å². The highest BCUT2D eigenvalue weighted by molar-refractivity contribution is 5.40. The van der Waals surface area contributed by atoms with E-state index in [4.69, 9.17) is 0 Å². The van der Waals surface area contributed by atoms with Gasteiger partial charge in [0.1, 0.15) is 5.82 Å². The molecule has 3 rings (SSSR count). The van der Waals surface area contributed by atoms with E-state index in [-0.39, 0.29) is 24.8 Å². The van der Waals surface area contributed by atoms with Crippen LogP contribution in [0.3, 0.4) is 0 Å². The number of hydrogen-bond acceptors (Lipinski definition) is 5. The second-order valence-electron chi connectivity index (χ2n) is 6.80. The first-order chi connectivity index (χ1) is 12.2. The average Bonchev–Trinajstić information content (AvgIpc) is 3.00. The zero-order valence-corrected chi connectivity index (χ0v) is 14.7. The molecule has 3 unspecified atom stereocenters. The van der Waals surface area contributed by atoms with Crippen molar-refractivity contribution in [2.24, 2.45) is 5.92 Å². The Bertz CT molecular complexity index is 759. The Kier molecular flexibility index (Phi) is 5.17. The average molecular weight is 369 g/mol. The third-order valence-electron chi connectivity index (χ3n) is 4.58. The van der Waals surface area contributed by atoms with Gasteiger partial charge in [-0.2, -0.15) is 23.3 Å². The molecule has 3 atom stereocenters. The molecule has 9 heteroatoms. The molecule has 0 radical (unpaired) electrons. The molecule has 0 aromatic carbocycles. The van der Waals surface area contributed by atoms with E-state index >= 15 is 0 Å². The van der Waals surface area contributed by atoms with E-state index in [1.54, 1.807) is 25.3 Å². The molecule has 2 N–H and O–H groups in total. The number of rotatable bonds is 4. The Labute approximate surface area is 149 Å². The van der Waals surface area contributed by atoms with Crippen LogP contribution in [0.25, 0.3) is 5.95 Å². The number of aryl methyl sites for hydroxylation is 1. The van der Waals surface area contributed by atoms with Crippen LogP contribution >= 0.6 is 0 Å². The van der Waals surface area contributed by atoms with E-state index in [1.807, 2.05) is 6.92 Å². The lowest BCUT2D eigenvalue weighted by Crippen LogP contribution is -2.35. The highest BCUT2D eigenvalue weighted by atomic mass is 19.4. The van der Waals surface area contributed by atoms with Gasteiger partial charge in [-0.05, 0) is 39.2 Å². The SMILES string of the molecule is Cc1ccn(-c2nc(NC3CCCC(C(F)(F)F)C3)cc(C(C)O)n2)n1. The number of aliphatic hydroxyl groups is 1. The minimum Gasteiger partial charge on any atom is -0.387 e. The van der Waals surface area contributed by atoms with Crippen LogP contribution in [0.15, 0.2) is 18.3 Å². The molecule has 1 fully saturated rings. The third-order valence-corrected chi connectivity index (χ3v) is 4.58. The molecule has 1 aliphatic rings. The van der Waals surface area contributed by atoms with E-state index in [1.165, 1.54) is 4.68 Å². The maximum atomic E-state index is 13.0. The van der Waals surface area contributed by atoms with Gasteiger partial charge >= 0.3 is 6.18 Å². The normalized spacial score (nSPS) is 22.2. The quantitative estimate of drug-likeness (QED) is 0.862. The van der Waals surface area contributed by atoms with E-state index in [2.05, 4.69) is 20.4 Å². The molecule has 0 spiro atoms. The molecule has 0 saturated heterocycles. The Morgan fingerprint density at radius 2 is 2.08 bits per heavy atom. The summed E-state index contributed by atoms with van der Waals surface area (Å²) in [6, 6.07) is 3.04. The largest absolute Gasteiger partial charge is 0.391 e. The highest BCUT2D eigenvalue weighted by Gasteiger charge is 2.42. The number of halogens is 3. The fourth-order valence-corrected chi connectivity index (χ4v) is 3.20. The Balaban J connectivity index is 1.84. The van der Waals surface area contributed by atoms with Crippen LogP contribution in [-0.2, 0) is 0 Å². The van der Waals surface area contributed by atoms with Gasteiger partial charge in [0, 0.05) is 18.3 Å². The summed E-state index contributed by atoms with van der Waals surface area (Å²) in [6.07, 6.45) is -1.95. The van der Waals surface area contributed by atoms with Crippen molar-refractivity contribution < 1.29 is 18.3 Å². The van der Waals surface area contributed by atoms with Crippen molar-refractivity contribution in [1.29, 1.82) is 0 Å². The zero-order valence-electron chi connectivity index (χ0n) is 14.7. The molecular weight excluding hydrogens is 347 g/mol. The molecule has 2 aromatic rings. The second-order valence-corrected chi connectivity index (χ2v) is 6.80. The fraction of sp³-hybridized carbons (Fsp3) is 0.588. The van der Waals surface area contributed by atoms with Crippen LogP contribution in [0.2, 0.25) is 0 Å². The smallest absolute Gasteiger partial charge is 0.387 e. The molecule has 0 amide bonds. The Hall–Kier alpha value is -2.16. The van der Waals surface area contributed by atoms with Gasteiger partial charge in [0.2, 0.25) is 0 Å². The van der Waals surface area contributed by atoms with Gasteiger partial charge in [-0.3, -0.25) is 0 Å². The minimum atomic E-state index is -4.17. The predicted molar refractivity (Wildman–Crippen MR) is 89.9 cm³/mol. The van der Waals surface area contributed by atoms with Crippen LogP contribution in [-0.4, -0.2) is 37.1 Å². The van der Waals surface area contributed by atoms with Crippen LogP contribution in [0.4, 0.5) is 19.0 Å². The number of aliphatic hydroxyl groups excluding tert-OH is 1. The van der Waals surface area contributed by atoms with Gasteiger partial charge in [-0.1, -0.05) is 6.42 Å². The van der Waals surface area contributed by atoms with Gasteiger partial charge in [0.05, 0.1) is 23.4 Å². The molecule has 0 aliphatic heterocycles. The monoisotopic (exact) mass is 369 g/mol. The number of nitrogens with one attached hydrogen (secondary N) is 1. The molecule has 2 heterocycles. The van der Waals surface area contributed by atoms with Crippen molar-refractivity contribution in [3.8, 4) is 5.95 Å². The van der Waals surface area contributed by atoms with Crippen LogP contribution in [0.1, 0.15) is 50.1 Å². The van der Waals surface area contributed by atoms with Crippen molar-refractivity contribution in [1.82, 2.24) is 19.7 Å². The van der Waals surface area contributed by atoms with Crippen molar-refractivity contribution in [3.63, 3.8) is 0 Å². The molecule has 142 valence electrons. The van der Waals surface area contributed by atoms with Crippen LogP contribution in [0.5, 0.6) is 0 Å². The summed E-state index contributed by atoms with van der Waals surface area (Å²) in [5, 5.41) is 17.2. The van der Waals surface area contributed by atoms with Crippen molar-refractivity contribution >= 4 is 5.82 Å². The van der Waals surface area contributed by atoms with Gasteiger partial charge < -0.3 is 10.4 Å². The summed E-state index contributed by atoms with van der Waals surface area (Å²) in [6.45, 7) is 3.40. The summed E-state index contributed by atoms with van der Waals surface area (Å²) in [5.41, 5.74) is 1.17. The predicted octanol–water partition coefficient (Wildman–Crippen LogP) is 3.56. The topological polar surface area (TPSA) is 75.9 Å². The van der Waals surface area contributed by atoms with E-state index in [9.17, 15) is 18.3 Å². The fourth-order valence-electron chi connectivity index (χ4n) is 3.20. The Morgan fingerprint density at radius 3 is 2.69 bits per heavy atom. The molecule has 26 heavy (non-hydrogen) atoms. The summed E-state index contributed by atoms with van der Waals surface area (Å²) < 4.78 is 40.5. The molecule has 6 nitrogen and oxygen atoms in total. The number of alkyl halides is 3.